The second-order valence-corrected chi connectivity index (χ2v) is 6.10. The summed E-state index contributed by atoms with van der Waals surface area (Å²) in [4.78, 5) is 16.8. The summed E-state index contributed by atoms with van der Waals surface area (Å²) in [6.45, 7) is 4.42. The van der Waals surface area contributed by atoms with Crippen molar-refractivity contribution in [2.45, 2.75) is 57.8 Å². The highest BCUT2D eigenvalue weighted by atomic mass is 16.1. The maximum atomic E-state index is 12.2. The van der Waals surface area contributed by atoms with E-state index in [-0.39, 0.29) is 5.92 Å². The Morgan fingerprint density at radius 3 is 2.78 bits per heavy atom. The summed E-state index contributed by atoms with van der Waals surface area (Å²) < 4.78 is 0. The number of hydrogen-bond acceptors (Lipinski definition) is 2. The van der Waals surface area contributed by atoms with Crippen molar-refractivity contribution in [2.24, 2.45) is 5.92 Å². The molecule has 2 atom stereocenters. The minimum absolute atomic E-state index is 0.0734. The fourth-order valence-electron chi connectivity index (χ4n) is 3.25. The topological polar surface area (TPSA) is 30.0 Å². The zero-order valence-corrected chi connectivity index (χ0v) is 11.3. The second-order valence-electron chi connectivity index (χ2n) is 6.10. The number of hydrogen-bond donors (Lipinski definition) is 0. The van der Waals surface area contributed by atoms with Crippen molar-refractivity contribution >= 4 is 5.78 Å². The van der Waals surface area contributed by atoms with E-state index < -0.39 is 0 Å². The predicted octanol–water partition coefficient (Wildman–Crippen LogP) is 3.74. The van der Waals surface area contributed by atoms with Crippen LogP contribution in [0.15, 0.2) is 12.3 Å². The van der Waals surface area contributed by atoms with Crippen LogP contribution in [0.2, 0.25) is 0 Å². The summed E-state index contributed by atoms with van der Waals surface area (Å²) >= 11 is 0. The lowest BCUT2D eigenvalue weighted by Crippen LogP contribution is -2.24. The monoisotopic (exact) mass is 243 g/mol. The van der Waals surface area contributed by atoms with Crippen LogP contribution < -0.4 is 0 Å². The van der Waals surface area contributed by atoms with E-state index in [0.29, 0.717) is 17.6 Å². The maximum absolute atomic E-state index is 12.2. The molecule has 0 aromatic carbocycles. The highest BCUT2D eigenvalue weighted by Gasteiger charge is 2.35. The quantitative estimate of drug-likeness (QED) is 0.792. The van der Waals surface area contributed by atoms with Crippen LogP contribution in [0.25, 0.3) is 0 Å². The van der Waals surface area contributed by atoms with Crippen molar-refractivity contribution in [1.82, 2.24) is 4.98 Å². The van der Waals surface area contributed by atoms with Gasteiger partial charge in [-0.1, -0.05) is 6.92 Å². The Labute approximate surface area is 109 Å². The molecule has 0 radical (unpaired) electrons. The highest BCUT2D eigenvalue weighted by Crippen LogP contribution is 2.46. The number of rotatable bonds is 2. The first kappa shape index (κ1) is 11.9. The third-order valence-electron chi connectivity index (χ3n) is 4.46. The number of nitrogens with zero attached hydrogens (tertiary/aromatic N) is 1. The van der Waals surface area contributed by atoms with Crippen LogP contribution in [-0.2, 0) is 4.79 Å². The van der Waals surface area contributed by atoms with Gasteiger partial charge in [-0.3, -0.25) is 9.78 Å². The number of ketones is 1. The van der Waals surface area contributed by atoms with Crippen LogP contribution in [0.3, 0.4) is 0 Å². The predicted molar refractivity (Wildman–Crippen MR) is 71.7 cm³/mol. The molecule has 96 valence electrons. The lowest BCUT2D eigenvalue weighted by Gasteiger charge is -2.27. The third-order valence-corrected chi connectivity index (χ3v) is 4.46. The van der Waals surface area contributed by atoms with Crippen molar-refractivity contribution < 1.29 is 4.79 Å². The summed E-state index contributed by atoms with van der Waals surface area (Å²) in [5, 5.41) is 0. The molecular formula is C16H21NO. The van der Waals surface area contributed by atoms with Crippen molar-refractivity contribution in [3.05, 3.63) is 29.1 Å². The van der Waals surface area contributed by atoms with E-state index in [1.165, 1.54) is 24.0 Å². The number of carbonyl (C=O) groups excluding carboxylic acids is 1. The van der Waals surface area contributed by atoms with Gasteiger partial charge in [-0.25, -0.2) is 0 Å². The summed E-state index contributed by atoms with van der Waals surface area (Å²) in [6, 6.07) is 2.09. The zero-order valence-electron chi connectivity index (χ0n) is 11.3. The molecule has 1 heterocycles. The molecular weight excluding hydrogens is 222 g/mol. The Bertz CT molecular complexity index is 476. The van der Waals surface area contributed by atoms with Crippen molar-refractivity contribution in [3.63, 3.8) is 0 Å². The van der Waals surface area contributed by atoms with Gasteiger partial charge in [0.05, 0.1) is 11.6 Å². The normalized spacial score (nSPS) is 28.4. The van der Waals surface area contributed by atoms with E-state index in [9.17, 15) is 4.79 Å². The number of pyridine rings is 1. The van der Waals surface area contributed by atoms with Crippen LogP contribution in [0.1, 0.15) is 67.7 Å². The SMILES string of the molecule is Cc1ccnc(C2CC(C)CCC2=O)c1C1CC1. The number of Topliss-reactive ketones (excluding diaryl/α,β-unsaturated/α-hetero) is 1. The van der Waals surface area contributed by atoms with Crippen molar-refractivity contribution in [3.8, 4) is 0 Å². The van der Waals surface area contributed by atoms with Gasteiger partial charge in [0.2, 0.25) is 0 Å². The lowest BCUT2D eigenvalue weighted by atomic mass is 9.77. The molecule has 2 fully saturated rings. The smallest absolute Gasteiger partial charge is 0.141 e. The molecule has 2 unspecified atom stereocenters. The van der Waals surface area contributed by atoms with E-state index in [1.54, 1.807) is 0 Å². The van der Waals surface area contributed by atoms with Crippen LogP contribution in [0.4, 0.5) is 0 Å². The zero-order chi connectivity index (χ0) is 12.7. The first-order chi connectivity index (χ1) is 8.66. The number of carbonyl (C=O) groups is 1. The van der Waals surface area contributed by atoms with Gasteiger partial charge in [-0.05, 0) is 61.6 Å². The Balaban J connectivity index is 2.00. The molecule has 18 heavy (non-hydrogen) atoms. The molecule has 0 spiro atoms. The van der Waals surface area contributed by atoms with Crippen LogP contribution in [0.5, 0.6) is 0 Å². The van der Waals surface area contributed by atoms with Gasteiger partial charge in [-0.15, -0.1) is 0 Å². The third kappa shape index (κ3) is 2.09. The number of aromatic nitrogens is 1. The van der Waals surface area contributed by atoms with E-state index >= 15 is 0 Å². The van der Waals surface area contributed by atoms with Gasteiger partial charge >= 0.3 is 0 Å². The summed E-state index contributed by atoms with van der Waals surface area (Å²) in [6.07, 6.45) is 7.22. The minimum atomic E-state index is 0.0734. The first-order valence-electron chi connectivity index (χ1n) is 7.15. The van der Waals surface area contributed by atoms with Gasteiger partial charge in [0.15, 0.2) is 0 Å². The molecule has 0 amide bonds. The Hall–Kier alpha value is -1.18. The van der Waals surface area contributed by atoms with Crippen molar-refractivity contribution in [2.75, 3.05) is 0 Å². The number of aryl methyl sites for hydroxylation is 1. The van der Waals surface area contributed by atoms with E-state index in [0.717, 1.165) is 25.0 Å². The Morgan fingerprint density at radius 1 is 1.28 bits per heavy atom. The van der Waals surface area contributed by atoms with Crippen LogP contribution >= 0.6 is 0 Å². The fraction of sp³-hybridized carbons (Fsp3) is 0.625. The molecule has 2 aliphatic rings. The van der Waals surface area contributed by atoms with Gasteiger partial charge < -0.3 is 0 Å². The van der Waals surface area contributed by atoms with E-state index in [2.05, 4.69) is 24.9 Å². The molecule has 2 heteroatoms. The first-order valence-corrected chi connectivity index (χ1v) is 7.15. The Kier molecular flexibility index (Phi) is 2.96. The highest BCUT2D eigenvalue weighted by molar-refractivity contribution is 5.86. The minimum Gasteiger partial charge on any atom is -0.299 e. The Morgan fingerprint density at radius 2 is 2.06 bits per heavy atom. The average molecular weight is 243 g/mol. The molecule has 2 nitrogen and oxygen atoms in total. The fourth-order valence-corrected chi connectivity index (χ4v) is 3.25. The van der Waals surface area contributed by atoms with E-state index in [1.807, 2.05) is 6.20 Å². The van der Waals surface area contributed by atoms with Gasteiger partial charge in [0, 0.05) is 12.6 Å². The molecule has 0 aliphatic heterocycles. The standard InChI is InChI=1S/C16H21NO/c1-10-3-6-14(18)13(9-10)16-15(12-4-5-12)11(2)7-8-17-16/h7-8,10,12-13H,3-6,9H2,1-2H3. The molecule has 1 aromatic rings. The summed E-state index contributed by atoms with van der Waals surface area (Å²) in [5.41, 5.74) is 3.83. The molecule has 0 N–H and O–H groups in total. The molecule has 3 rings (SSSR count). The largest absolute Gasteiger partial charge is 0.299 e. The second kappa shape index (κ2) is 4.49. The van der Waals surface area contributed by atoms with Crippen LogP contribution in [0, 0.1) is 12.8 Å². The van der Waals surface area contributed by atoms with Crippen molar-refractivity contribution in [1.29, 1.82) is 0 Å². The molecule has 2 aliphatic carbocycles. The molecule has 0 bridgehead atoms. The van der Waals surface area contributed by atoms with Crippen LogP contribution in [-0.4, -0.2) is 10.8 Å². The maximum Gasteiger partial charge on any atom is 0.141 e. The molecule has 2 saturated carbocycles. The lowest BCUT2D eigenvalue weighted by molar-refractivity contribution is -0.122. The van der Waals surface area contributed by atoms with E-state index in [4.69, 9.17) is 0 Å². The summed E-state index contributed by atoms with van der Waals surface area (Å²) in [7, 11) is 0. The van der Waals surface area contributed by atoms with Gasteiger partial charge in [0.1, 0.15) is 5.78 Å². The molecule has 0 saturated heterocycles. The summed E-state index contributed by atoms with van der Waals surface area (Å²) in [5.74, 6) is 1.82. The van der Waals surface area contributed by atoms with Gasteiger partial charge in [-0.2, -0.15) is 0 Å². The average Bonchev–Trinajstić information content (AvgIpc) is 3.16. The van der Waals surface area contributed by atoms with Gasteiger partial charge in [0.25, 0.3) is 0 Å². The molecule has 1 aromatic heterocycles.